The Morgan fingerprint density at radius 2 is 1.74 bits per heavy atom. The quantitative estimate of drug-likeness (QED) is 0.0555. The lowest BCUT2D eigenvalue weighted by molar-refractivity contribution is -0.137. The van der Waals surface area contributed by atoms with E-state index >= 15 is 0 Å². The highest BCUT2D eigenvalue weighted by atomic mass is 35.5. The zero-order valence-corrected chi connectivity index (χ0v) is 35.6. The van der Waals surface area contributed by atoms with Crippen molar-refractivity contribution in [2.45, 2.75) is 57.3 Å². The lowest BCUT2D eigenvalue weighted by Gasteiger charge is -2.30. The zero-order chi connectivity index (χ0) is 42.8. The van der Waals surface area contributed by atoms with E-state index in [0.717, 1.165) is 29.0 Å². The second-order valence-corrected chi connectivity index (χ2v) is 19.7. The lowest BCUT2D eigenvalue weighted by Crippen LogP contribution is -2.46. The molecule has 2 amide bonds. The van der Waals surface area contributed by atoms with E-state index in [1.54, 1.807) is 0 Å². The number of anilines is 1. The van der Waals surface area contributed by atoms with Gasteiger partial charge < -0.3 is 50.9 Å². The van der Waals surface area contributed by atoms with Gasteiger partial charge in [-0.05, 0) is 0 Å². The maximum atomic E-state index is 12.7. The molecule has 24 nitrogen and oxygen atoms in total. The van der Waals surface area contributed by atoms with Crippen LogP contribution in [0, 0.1) is 5.41 Å². The molecule has 7 atom stereocenters. The van der Waals surface area contributed by atoms with Gasteiger partial charge in [-0.1, -0.05) is 48.8 Å². The van der Waals surface area contributed by atoms with Crippen molar-refractivity contribution in [3.8, 4) is 0 Å². The molecule has 0 aromatic carbocycles. The van der Waals surface area contributed by atoms with E-state index < -0.39 is 84.6 Å². The summed E-state index contributed by atoms with van der Waals surface area (Å²) >= 11 is 13.4. The van der Waals surface area contributed by atoms with Gasteiger partial charge in [-0.15, -0.1) is 11.8 Å². The lowest BCUT2D eigenvalue weighted by atomic mass is 9.87. The molecule has 2 aromatic rings. The molecule has 0 spiro atoms. The Kier molecular flexibility index (Phi) is 18.8. The Balaban J connectivity index is 1.46. The molecule has 3 rings (SSSR count). The second-order valence-electron chi connectivity index (χ2n) is 12.3. The summed E-state index contributed by atoms with van der Waals surface area (Å²) < 4.78 is 62.4. The van der Waals surface area contributed by atoms with Crippen molar-refractivity contribution >= 4 is 104 Å². The van der Waals surface area contributed by atoms with Crippen LogP contribution in [-0.4, -0.2) is 128 Å². The largest absolute Gasteiger partial charge is 0.481 e. The number of halogens is 2. The third-order valence-corrected chi connectivity index (χ3v) is 13.1. The van der Waals surface area contributed by atoms with E-state index in [0.29, 0.717) is 15.9 Å². The maximum Gasteiger partial charge on any atom is 0.481 e. The topological polar surface area (TPSA) is 364 Å². The SMILES string of the molecule is CC(C)(COP(=O)(O)OP(=O)(O)OC[C@H]1O[C@@H](n2cnc3c(N)ncnc32)[C@H](O)[C@@H]1OP(=O)(O)O)[C@@H](O)C(=O)NCCC(=O)NCCSC(=O)CCSC(Cl)=CCl. The summed E-state index contributed by atoms with van der Waals surface area (Å²) in [7, 11) is -16.4. The molecule has 2 aromatic heterocycles. The molecule has 1 saturated heterocycles. The number of imidazole rings is 1. The van der Waals surface area contributed by atoms with Crippen LogP contribution in [0.2, 0.25) is 0 Å². The number of hydrogen-bond donors (Lipinski definition) is 9. The standard InChI is InChI=1S/C26H40Cl2N7O17P3S2/c1-26(2,21(39)24(40)31-5-3-16(36)30-6-8-57-17(37)4-7-56-15(28)9-27)11-49-55(46,47)52-54(44,45)48-10-14-20(51-53(41,42)43)19(38)25(50-14)35-13-34-18-22(29)32-12-33-23(18)35/h9,12-14,19-21,25,38-39H,3-8,10-11H2,1-2H3,(H,30,36)(H,31,40)(H,44,45)(H,46,47)(H2,29,32,33)(H2,41,42,43)/t14-,19-,20-,21+,25-/m1/s1. The molecule has 0 radical (unpaired) electrons. The van der Waals surface area contributed by atoms with Gasteiger partial charge in [0.1, 0.15) is 36.3 Å². The number of carbonyl (C=O) groups is 3. The summed E-state index contributed by atoms with van der Waals surface area (Å²) in [6, 6.07) is 0. The number of nitrogens with two attached hydrogens (primary N) is 1. The summed E-state index contributed by atoms with van der Waals surface area (Å²) in [5.74, 6) is -0.756. The van der Waals surface area contributed by atoms with Crippen LogP contribution in [0.3, 0.4) is 0 Å². The number of nitrogens with one attached hydrogen (secondary N) is 2. The third-order valence-electron chi connectivity index (χ3n) is 7.40. The maximum absolute atomic E-state index is 12.7. The number of phosphoric ester groups is 3. The average Bonchev–Trinajstić information content (AvgIpc) is 3.68. The highest BCUT2D eigenvalue weighted by molar-refractivity contribution is 8.13. The first-order valence-corrected chi connectivity index (χ1v) is 23.4. The van der Waals surface area contributed by atoms with Crippen molar-refractivity contribution in [2.24, 2.45) is 5.41 Å². The van der Waals surface area contributed by atoms with Gasteiger partial charge in [-0.3, -0.25) is 32.5 Å². The van der Waals surface area contributed by atoms with Crippen LogP contribution in [0.4, 0.5) is 5.82 Å². The number of nitrogen functional groups attached to an aromatic ring is 1. The van der Waals surface area contributed by atoms with Crippen LogP contribution < -0.4 is 16.4 Å². The van der Waals surface area contributed by atoms with Gasteiger partial charge in [0.25, 0.3) is 0 Å². The smallest absolute Gasteiger partial charge is 0.386 e. The van der Waals surface area contributed by atoms with Crippen molar-refractivity contribution in [3.63, 3.8) is 0 Å². The summed E-state index contributed by atoms with van der Waals surface area (Å²) in [5, 5.41) is 26.2. The van der Waals surface area contributed by atoms with E-state index in [-0.39, 0.29) is 48.0 Å². The second kappa shape index (κ2) is 21.7. The van der Waals surface area contributed by atoms with Gasteiger partial charge in [0, 0.05) is 48.4 Å². The number of phosphoric acid groups is 3. The highest BCUT2D eigenvalue weighted by Crippen LogP contribution is 2.61. The van der Waals surface area contributed by atoms with E-state index in [2.05, 4.69) is 34.4 Å². The summed E-state index contributed by atoms with van der Waals surface area (Å²) in [4.78, 5) is 87.4. The van der Waals surface area contributed by atoms with Gasteiger partial charge in [-0.25, -0.2) is 28.6 Å². The molecule has 322 valence electrons. The number of aliphatic hydroxyl groups excluding tert-OH is 2. The van der Waals surface area contributed by atoms with Crippen molar-refractivity contribution < 1.29 is 80.5 Å². The highest BCUT2D eigenvalue weighted by Gasteiger charge is 2.50. The first-order valence-electron chi connectivity index (χ1n) is 16.1. The Hall–Kier alpha value is -1.77. The van der Waals surface area contributed by atoms with Gasteiger partial charge in [-0.2, -0.15) is 4.31 Å². The average molecular weight is 951 g/mol. The number of ether oxygens (including phenoxy) is 1. The normalized spacial score (nSPS) is 21.8. The van der Waals surface area contributed by atoms with E-state index in [1.807, 2.05) is 0 Å². The van der Waals surface area contributed by atoms with Crippen LogP contribution in [0.5, 0.6) is 0 Å². The monoisotopic (exact) mass is 949 g/mol. The molecule has 0 saturated carbocycles. The van der Waals surface area contributed by atoms with Crippen molar-refractivity contribution in [3.05, 3.63) is 22.6 Å². The summed E-state index contributed by atoms with van der Waals surface area (Å²) in [6.45, 7) is 0.398. The Morgan fingerprint density at radius 3 is 2.40 bits per heavy atom. The number of fused-ring (bicyclic) bond motifs is 1. The fraction of sp³-hybridized carbons (Fsp3) is 0.615. The van der Waals surface area contributed by atoms with Crippen LogP contribution in [-0.2, 0) is 50.7 Å². The van der Waals surface area contributed by atoms with Crippen LogP contribution >= 0.6 is 70.2 Å². The number of carbonyl (C=O) groups excluding carboxylic acids is 3. The Morgan fingerprint density at radius 1 is 1.05 bits per heavy atom. The fourth-order valence-corrected chi connectivity index (χ4v) is 9.23. The van der Waals surface area contributed by atoms with Gasteiger partial charge in [0.2, 0.25) is 11.8 Å². The number of rotatable bonds is 23. The van der Waals surface area contributed by atoms with Crippen LogP contribution in [0.25, 0.3) is 11.2 Å². The first-order chi connectivity index (χ1) is 26.4. The summed E-state index contributed by atoms with van der Waals surface area (Å²) in [5.41, 5.74) is 5.43. The molecule has 0 aliphatic carbocycles. The number of hydrogen-bond acceptors (Lipinski definition) is 19. The summed E-state index contributed by atoms with van der Waals surface area (Å²) in [6.07, 6.45) is -6.74. The molecule has 3 heterocycles. The molecule has 31 heteroatoms. The molecule has 1 fully saturated rings. The molecule has 1 aliphatic heterocycles. The molecule has 1 aliphatic rings. The molecule has 2 unspecified atom stereocenters. The van der Waals surface area contributed by atoms with E-state index in [1.165, 1.54) is 31.1 Å². The third kappa shape index (κ3) is 16.0. The van der Waals surface area contributed by atoms with E-state index in [4.69, 9.17) is 42.7 Å². The van der Waals surface area contributed by atoms with E-state index in [9.17, 15) is 57.9 Å². The van der Waals surface area contributed by atoms with Gasteiger partial charge >= 0.3 is 23.5 Å². The number of aliphatic hydroxyl groups is 2. The van der Waals surface area contributed by atoms with Gasteiger partial charge in [0.15, 0.2) is 22.8 Å². The fourth-order valence-electron chi connectivity index (χ4n) is 4.63. The molecular weight excluding hydrogens is 910 g/mol. The molecule has 10 N–H and O–H groups in total. The van der Waals surface area contributed by atoms with Crippen molar-refractivity contribution in [2.75, 3.05) is 43.5 Å². The van der Waals surface area contributed by atoms with Crippen LogP contribution in [0.15, 0.2) is 22.6 Å². The molecule has 57 heavy (non-hydrogen) atoms. The minimum absolute atomic E-state index is 0.0258. The van der Waals surface area contributed by atoms with Crippen molar-refractivity contribution in [1.82, 2.24) is 30.2 Å². The Labute approximate surface area is 342 Å². The predicted octanol–water partition coefficient (Wildman–Crippen LogP) is 1.06. The molecular formula is C26H40Cl2N7O17P3S2. The van der Waals surface area contributed by atoms with Gasteiger partial charge in [0.05, 0.1) is 23.9 Å². The number of aromatic nitrogens is 4. The molecule has 0 bridgehead atoms. The zero-order valence-electron chi connectivity index (χ0n) is 29.7. The minimum Gasteiger partial charge on any atom is -0.386 e. The van der Waals surface area contributed by atoms with Crippen LogP contribution in [0.1, 0.15) is 32.9 Å². The Bertz CT molecular complexity index is 1910. The number of amides is 2. The minimum atomic E-state index is -5.58. The number of nitrogens with zero attached hydrogens (tertiary/aromatic N) is 4. The predicted molar refractivity (Wildman–Crippen MR) is 204 cm³/mol. The van der Waals surface area contributed by atoms with Crippen molar-refractivity contribution in [1.29, 1.82) is 0 Å². The number of thioether (sulfide) groups is 2. The first kappa shape index (κ1) is 49.6.